The Morgan fingerprint density at radius 1 is 1.03 bits per heavy atom. The zero-order valence-electron chi connectivity index (χ0n) is 17.9. The van der Waals surface area contributed by atoms with E-state index in [1.807, 2.05) is 32.2 Å². The standard InChI is InChI=1S/C14H19NOS.C8H13N3O/c1-3-12-4-6-13(7-5-12)10-14(16)8-9-15-11(2)17;1-3-8-6-11(10-9-8)5-4-7(2)12/h4-7H,3,8-10H2,1-2H3,(H,15,17);6H,3-5H2,1-2H3. The maximum Gasteiger partial charge on any atom is 0.139 e. The molecule has 0 aliphatic rings. The summed E-state index contributed by atoms with van der Waals surface area (Å²) in [5.74, 6) is 0.432. The number of ketones is 2. The summed E-state index contributed by atoms with van der Waals surface area (Å²) in [5, 5.41) is 10.8. The van der Waals surface area contributed by atoms with Gasteiger partial charge in [0.05, 0.1) is 10.7 Å². The van der Waals surface area contributed by atoms with Crippen molar-refractivity contribution in [2.75, 3.05) is 6.54 Å². The number of carbonyl (C=O) groups is 2. The van der Waals surface area contributed by atoms with Crippen LogP contribution in [-0.4, -0.2) is 38.1 Å². The molecule has 0 atom stereocenters. The van der Waals surface area contributed by atoms with Gasteiger partial charge in [-0.25, -0.2) is 0 Å². The molecule has 158 valence electrons. The van der Waals surface area contributed by atoms with Crippen LogP contribution in [0, 0.1) is 0 Å². The van der Waals surface area contributed by atoms with Gasteiger partial charge in [-0.1, -0.05) is 55.5 Å². The molecule has 6 nitrogen and oxygen atoms in total. The molecule has 0 fully saturated rings. The van der Waals surface area contributed by atoms with Crippen LogP contribution in [0.1, 0.15) is 57.4 Å². The summed E-state index contributed by atoms with van der Waals surface area (Å²) in [6.07, 6.45) is 5.38. The molecule has 1 aromatic heterocycles. The predicted octanol–water partition coefficient (Wildman–Crippen LogP) is 3.51. The number of carbonyl (C=O) groups excluding carboxylic acids is 2. The first-order valence-electron chi connectivity index (χ1n) is 10.1. The van der Waals surface area contributed by atoms with Crippen LogP contribution in [0.2, 0.25) is 0 Å². The van der Waals surface area contributed by atoms with Crippen molar-refractivity contribution in [3.8, 4) is 0 Å². The van der Waals surface area contributed by atoms with Gasteiger partial charge in [-0.15, -0.1) is 5.10 Å². The van der Waals surface area contributed by atoms with Crippen LogP contribution in [0.15, 0.2) is 30.5 Å². The normalized spacial score (nSPS) is 10.1. The van der Waals surface area contributed by atoms with E-state index in [0.29, 0.717) is 32.4 Å². The van der Waals surface area contributed by atoms with Crippen LogP contribution in [0.4, 0.5) is 0 Å². The Morgan fingerprint density at radius 3 is 2.21 bits per heavy atom. The van der Waals surface area contributed by atoms with Gasteiger partial charge >= 0.3 is 0 Å². The molecular weight excluding hydrogens is 384 g/mol. The van der Waals surface area contributed by atoms with Crippen LogP contribution in [-0.2, 0) is 35.4 Å². The van der Waals surface area contributed by atoms with Crippen LogP contribution >= 0.6 is 12.2 Å². The maximum absolute atomic E-state index is 11.7. The third-order valence-corrected chi connectivity index (χ3v) is 4.40. The molecule has 0 saturated heterocycles. The SMILES string of the molecule is CCc1ccc(CC(=O)CCNC(C)=S)cc1.CCc1cn(CCC(C)=O)nn1. The van der Waals surface area contributed by atoms with Crippen molar-refractivity contribution in [3.63, 3.8) is 0 Å². The van der Waals surface area contributed by atoms with Gasteiger partial charge in [0.15, 0.2) is 0 Å². The zero-order chi connectivity index (χ0) is 21.6. The van der Waals surface area contributed by atoms with Gasteiger partial charge in [0.25, 0.3) is 0 Å². The topological polar surface area (TPSA) is 76.9 Å². The monoisotopic (exact) mass is 416 g/mol. The molecule has 2 rings (SSSR count). The summed E-state index contributed by atoms with van der Waals surface area (Å²) in [6, 6.07) is 8.24. The van der Waals surface area contributed by atoms with Crippen molar-refractivity contribution in [2.24, 2.45) is 0 Å². The molecule has 0 radical (unpaired) electrons. The largest absolute Gasteiger partial charge is 0.379 e. The Labute approximate surface area is 179 Å². The number of benzene rings is 1. The number of hydrogen-bond donors (Lipinski definition) is 1. The minimum absolute atomic E-state index is 0.184. The van der Waals surface area contributed by atoms with Crippen LogP contribution in [0.5, 0.6) is 0 Å². The molecule has 0 bridgehead atoms. The first kappa shape index (κ1) is 24.6. The van der Waals surface area contributed by atoms with E-state index in [1.54, 1.807) is 11.6 Å². The summed E-state index contributed by atoms with van der Waals surface area (Å²) in [7, 11) is 0. The summed E-state index contributed by atoms with van der Waals surface area (Å²) in [6.45, 7) is 8.84. The van der Waals surface area contributed by atoms with Gasteiger partial charge in [0.1, 0.15) is 11.6 Å². The molecular formula is C22H32N4O2S. The molecule has 2 aromatic rings. The highest BCUT2D eigenvalue weighted by Crippen LogP contribution is 2.06. The number of nitrogens with zero attached hydrogens (tertiary/aromatic N) is 3. The summed E-state index contributed by atoms with van der Waals surface area (Å²) in [5.41, 5.74) is 3.36. The Morgan fingerprint density at radius 2 is 1.69 bits per heavy atom. The van der Waals surface area contributed by atoms with Crippen molar-refractivity contribution in [1.82, 2.24) is 20.3 Å². The molecule has 0 spiro atoms. The lowest BCUT2D eigenvalue weighted by molar-refractivity contribution is -0.118. The van der Waals surface area contributed by atoms with Crippen molar-refractivity contribution in [1.29, 1.82) is 0 Å². The number of rotatable bonds is 10. The second-order valence-corrected chi connectivity index (χ2v) is 7.51. The van der Waals surface area contributed by atoms with E-state index >= 15 is 0 Å². The average molecular weight is 417 g/mol. The van der Waals surface area contributed by atoms with Crippen molar-refractivity contribution in [3.05, 3.63) is 47.3 Å². The number of nitrogens with one attached hydrogen (secondary N) is 1. The van der Waals surface area contributed by atoms with Gasteiger partial charge in [-0.2, -0.15) is 0 Å². The Bertz CT molecular complexity index is 784. The first-order valence-corrected chi connectivity index (χ1v) is 10.5. The highest BCUT2D eigenvalue weighted by molar-refractivity contribution is 7.80. The molecule has 0 saturated carbocycles. The van der Waals surface area contributed by atoms with E-state index in [0.717, 1.165) is 29.1 Å². The molecule has 7 heteroatoms. The molecule has 0 unspecified atom stereocenters. The van der Waals surface area contributed by atoms with Crippen LogP contribution < -0.4 is 5.32 Å². The van der Waals surface area contributed by atoms with E-state index in [2.05, 4.69) is 34.7 Å². The minimum Gasteiger partial charge on any atom is -0.379 e. The number of aromatic nitrogens is 3. The fourth-order valence-corrected chi connectivity index (χ4v) is 2.57. The van der Waals surface area contributed by atoms with Gasteiger partial charge in [0, 0.05) is 38.5 Å². The Balaban J connectivity index is 0.000000308. The smallest absolute Gasteiger partial charge is 0.139 e. The second kappa shape index (κ2) is 13.7. The van der Waals surface area contributed by atoms with E-state index in [-0.39, 0.29) is 11.6 Å². The van der Waals surface area contributed by atoms with Crippen LogP contribution in [0.3, 0.4) is 0 Å². The third-order valence-electron chi connectivity index (χ3n) is 4.25. The van der Waals surface area contributed by atoms with Crippen molar-refractivity contribution >= 4 is 28.8 Å². The highest BCUT2D eigenvalue weighted by atomic mass is 32.1. The second-order valence-electron chi connectivity index (χ2n) is 6.90. The summed E-state index contributed by atoms with van der Waals surface area (Å²) < 4.78 is 1.71. The Kier molecular flexibility index (Phi) is 11.6. The zero-order valence-corrected chi connectivity index (χ0v) is 18.7. The van der Waals surface area contributed by atoms with Crippen molar-refractivity contribution < 1.29 is 9.59 Å². The quantitative estimate of drug-likeness (QED) is 0.597. The molecule has 0 amide bonds. The lowest BCUT2D eigenvalue weighted by Gasteiger charge is -2.04. The Hall–Kier alpha value is -2.41. The van der Waals surface area contributed by atoms with E-state index < -0.39 is 0 Å². The lowest BCUT2D eigenvalue weighted by atomic mass is 10.0. The van der Waals surface area contributed by atoms with Gasteiger partial charge < -0.3 is 5.32 Å². The molecule has 1 N–H and O–H groups in total. The maximum atomic E-state index is 11.7. The van der Waals surface area contributed by atoms with Gasteiger partial charge in [-0.3, -0.25) is 14.3 Å². The molecule has 29 heavy (non-hydrogen) atoms. The van der Waals surface area contributed by atoms with Gasteiger partial charge in [-0.05, 0) is 37.8 Å². The number of thiocarbonyl (C=S) groups is 1. The first-order chi connectivity index (χ1) is 13.8. The van der Waals surface area contributed by atoms with E-state index in [4.69, 9.17) is 12.2 Å². The highest BCUT2D eigenvalue weighted by Gasteiger charge is 2.03. The number of hydrogen-bond acceptors (Lipinski definition) is 5. The summed E-state index contributed by atoms with van der Waals surface area (Å²) in [4.78, 5) is 23.0. The molecule has 0 aliphatic heterocycles. The minimum atomic E-state index is 0.184. The molecule has 1 aromatic carbocycles. The number of aryl methyl sites for hydroxylation is 3. The number of Topliss-reactive ketones (excluding diaryl/α,β-unsaturated/α-hetero) is 2. The summed E-state index contributed by atoms with van der Waals surface area (Å²) >= 11 is 4.88. The predicted molar refractivity (Wildman–Crippen MR) is 120 cm³/mol. The van der Waals surface area contributed by atoms with E-state index in [1.165, 1.54) is 5.56 Å². The fourth-order valence-electron chi connectivity index (χ4n) is 2.47. The third kappa shape index (κ3) is 11.2. The fraction of sp³-hybridized carbons (Fsp3) is 0.500. The lowest BCUT2D eigenvalue weighted by Crippen LogP contribution is -2.22. The molecule has 1 heterocycles. The van der Waals surface area contributed by atoms with E-state index in [9.17, 15) is 9.59 Å². The van der Waals surface area contributed by atoms with Crippen LogP contribution in [0.25, 0.3) is 0 Å². The molecule has 0 aliphatic carbocycles. The van der Waals surface area contributed by atoms with Crippen molar-refractivity contribution in [2.45, 2.75) is 66.3 Å². The van der Waals surface area contributed by atoms with Gasteiger partial charge in [0.2, 0.25) is 0 Å². The average Bonchev–Trinajstić information content (AvgIpc) is 3.15.